The van der Waals surface area contributed by atoms with Crippen LogP contribution in [0, 0.1) is 6.92 Å². The Kier molecular flexibility index (Phi) is 4.54. The van der Waals surface area contributed by atoms with Crippen molar-refractivity contribution in [2.75, 3.05) is 32.7 Å². The summed E-state index contributed by atoms with van der Waals surface area (Å²) in [4.78, 5) is 31.8. The third-order valence-electron chi connectivity index (χ3n) is 6.06. The zero-order chi connectivity index (χ0) is 17.4. The third-order valence-corrected chi connectivity index (χ3v) is 6.06. The lowest BCUT2D eigenvalue weighted by molar-refractivity contribution is -0.137. The second-order valence-corrected chi connectivity index (χ2v) is 7.53. The Labute approximate surface area is 148 Å². The first-order valence-corrected chi connectivity index (χ1v) is 9.52. The second-order valence-electron chi connectivity index (χ2n) is 7.53. The van der Waals surface area contributed by atoms with Gasteiger partial charge in [-0.3, -0.25) is 9.59 Å². The fraction of sp³-hybridized carbons (Fsp3) is 0.684. The molecule has 4 heterocycles. The minimum Gasteiger partial charge on any atom is -0.459 e. The number of piperidine rings is 1. The molecular formula is C19H27N3O3. The molecular weight excluding hydrogens is 318 g/mol. The number of rotatable bonds is 4. The summed E-state index contributed by atoms with van der Waals surface area (Å²) in [5, 5.41) is 0. The maximum Gasteiger partial charge on any atom is 0.290 e. The van der Waals surface area contributed by atoms with Gasteiger partial charge in [-0.1, -0.05) is 0 Å². The fourth-order valence-corrected chi connectivity index (χ4v) is 4.67. The van der Waals surface area contributed by atoms with Gasteiger partial charge in [-0.05, 0) is 51.8 Å². The average Bonchev–Trinajstić information content (AvgIpc) is 3.33. The molecule has 25 heavy (non-hydrogen) atoms. The quantitative estimate of drug-likeness (QED) is 0.836. The molecule has 0 radical (unpaired) electrons. The summed E-state index contributed by atoms with van der Waals surface area (Å²) in [6.07, 6.45) is 6.30. The van der Waals surface area contributed by atoms with E-state index in [1.54, 1.807) is 6.26 Å². The molecule has 0 unspecified atom stereocenters. The van der Waals surface area contributed by atoms with E-state index in [1.165, 1.54) is 12.8 Å². The highest BCUT2D eigenvalue weighted by Gasteiger charge is 2.45. The zero-order valence-electron chi connectivity index (χ0n) is 14.9. The molecule has 0 saturated carbocycles. The summed E-state index contributed by atoms with van der Waals surface area (Å²) in [6, 6.07) is 2.13. The van der Waals surface area contributed by atoms with Crippen LogP contribution in [0.4, 0.5) is 0 Å². The molecule has 0 bridgehead atoms. The van der Waals surface area contributed by atoms with E-state index in [-0.39, 0.29) is 23.9 Å². The molecule has 6 heteroatoms. The summed E-state index contributed by atoms with van der Waals surface area (Å²) >= 11 is 0. The standard InChI is InChI=1S/C19H27N3O3/c1-14-7-13-25-18(14)19(24)22-10-6-16-15(22)4-5-17(23)21(16)12-11-20-8-2-3-9-20/h7,13,15-16H,2-6,8-12H2,1H3/t15-,16-/m1/s1. The molecule has 3 fully saturated rings. The largest absolute Gasteiger partial charge is 0.459 e. The highest BCUT2D eigenvalue weighted by atomic mass is 16.3. The second kappa shape index (κ2) is 6.83. The van der Waals surface area contributed by atoms with E-state index in [0.29, 0.717) is 18.7 Å². The molecule has 4 rings (SSSR count). The van der Waals surface area contributed by atoms with E-state index >= 15 is 0 Å². The number of hydrogen-bond acceptors (Lipinski definition) is 4. The van der Waals surface area contributed by atoms with E-state index < -0.39 is 0 Å². The number of amides is 2. The predicted molar refractivity (Wildman–Crippen MR) is 93.3 cm³/mol. The van der Waals surface area contributed by atoms with Crippen molar-refractivity contribution in [1.29, 1.82) is 0 Å². The van der Waals surface area contributed by atoms with E-state index in [4.69, 9.17) is 4.42 Å². The summed E-state index contributed by atoms with van der Waals surface area (Å²) in [7, 11) is 0. The molecule has 0 aliphatic carbocycles. The molecule has 1 aromatic rings. The first kappa shape index (κ1) is 16.6. The van der Waals surface area contributed by atoms with Crippen molar-refractivity contribution in [3.63, 3.8) is 0 Å². The molecule has 1 aromatic heterocycles. The summed E-state index contributed by atoms with van der Waals surface area (Å²) in [5.41, 5.74) is 0.881. The number of carbonyl (C=O) groups is 2. The van der Waals surface area contributed by atoms with Crippen LogP contribution in [0.5, 0.6) is 0 Å². The number of likely N-dealkylation sites (tertiary alicyclic amines) is 3. The van der Waals surface area contributed by atoms with Gasteiger partial charge in [0.1, 0.15) is 0 Å². The average molecular weight is 345 g/mol. The number of hydrogen-bond donors (Lipinski definition) is 0. The minimum absolute atomic E-state index is 0.0242. The Morgan fingerprint density at radius 2 is 1.96 bits per heavy atom. The van der Waals surface area contributed by atoms with Crippen LogP contribution in [0.2, 0.25) is 0 Å². The topological polar surface area (TPSA) is 57.0 Å². The summed E-state index contributed by atoms with van der Waals surface area (Å²) < 4.78 is 5.40. The maximum absolute atomic E-state index is 12.9. The van der Waals surface area contributed by atoms with Gasteiger partial charge in [0.25, 0.3) is 5.91 Å². The fourth-order valence-electron chi connectivity index (χ4n) is 4.67. The Bertz CT molecular complexity index is 650. The lowest BCUT2D eigenvalue weighted by Gasteiger charge is -2.40. The van der Waals surface area contributed by atoms with Crippen molar-refractivity contribution in [3.05, 3.63) is 23.7 Å². The molecule has 2 amide bonds. The predicted octanol–water partition coefficient (Wildman–Crippen LogP) is 1.89. The number of furan rings is 1. The number of carbonyl (C=O) groups excluding carboxylic acids is 2. The highest BCUT2D eigenvalue weighted by molar-refractivity contribution is 5.93. The molecule has 2 atom stereocenters. The number of fused-ring (bicyclic) bond motifs is 1. The lowest BCUT2D eigenvalue weighted by Crippen LogP contribution is -2.54. The maximum atomic E-state index is 12.9. The van der Waals surface area contributed by atoms with Gasteiger partial charge in [0.05, 0.1) is 18.3 Å². The van der Waals surface area contributed by atoms with Crippen LogP contribution in [-0.2, 0) is 4.79 Å². The van der Waals surface area contributed by atoms with Gasteiger partial charge >= 0.3 is 0 Å². The summed E-state index contributed by atoms with van der Waals surface area (Å²) in [5.74, 6) is 0.675. The monoisotopic (exact) mass is 345 g/mol. The lowest BCUT2D eigenvalue weighted by atomic mass is 9.96. The minimum atomic E-state index is -0.0242. The Balaban J connectivity index is 1.45. The van der Waals surface area contributed by atoms with Crippen LogP contribution >= 0.6 is 0 Å². The van der Waals surface area contributed by atoms with Crippen LogP contribution in [0.15, 0.2) is 16.7 Å². The molecule has 3 aliphatic rings. The SMILES string of the molecule is Cc1ccoc1C(=O)N1CC[C@@H]2[C@H]1CCC(=O)N2CCN1CCCC1. The smallest absolute Gasteiger partial charge is 0.290 e. The van der Waals surface area contributed by atoms with Crippen LogP contribution in [-0.4, -0.2) is 71.3 Å². The van der Waals surface area contributed by atoms with Gasteiger partial charge in [0.15, 0.2) is 5.76 Å². The normalized spacial score (nSPS) is 27.2. The molecule has 6 nitrogen and oxygen atoms in total. The van der Waals surface area contributed by atoms with Crippen molar-refractivity contribution in [3.8, 4) is 0 Å². The molecule has 3 saturated heterocycles. The molecule has 0 spiro atoms. The van der Waals surface area contributed by atoms with E-state index in [2.05, 4.69) is 9.80 Å². The molecule has 136 valence electrons. The van der Waals surface area contributed by atoms with Gasteiger partial charge in [0, 0.05) is 31.6 Å². The number of aryl methyl sites for hydroxylation is 1. The van der Waals surface area contributed by atoms with Crippen molar-refractivity contribution < 1.29 is 14.0 Å². The van der Waals surface area contributed by atoms with E-state index in [9.17, 15) is 9.59 Å². The van der Waals surface area contributed by atoms with Crippen molar-refractivity contribution >= 4 is 11.8 Å². The number of nitrogens with zero attached hydrogens (tertiary/aromatic N) is 3. The van der Waals surface area contributed by atoms with Crippen molar-refractivity contribution in [2.45, 2.75) is 51.1 Å². The Morgan fingerprint density at radius 1 is 1.16 bits per heavy atom. The van der Waals surface area contributed by atoms with Gasteiger partial charge in [-0.25, -0.2) is 0 Å². The van der Waals surface area contributed by atoms with Crippen LogP contribution in [0.25, 0.3) is 0 Å². The first-order chi connectivity index (χ1) is 12.1. The van der Waals surface area contributed by atoms with E-state index in [0.717, 1.165) is 44.6 Å². The molecule has 0 aromatic carbocycles. The van der Waals surface area contributed by atoms with Crippen molar-refractivity contribution in [2.24, 2.45) is 0 Å². The van der Waals surface area contributed by atoms with Crippen LogP contribution < -0.4 is 0 Å². The zero-order valence-corrected chi connectivity index (χ0v) is 14.9. The third kappa shape index (κ3) is 3.08. The summed E-state index contributed by atoms with van der Waals surface area (Å²) in [6.45, 7) is 6.66. The Morgan fingerprint density at radius 3 is 2.68 bits per heavy atom. The van der Waals surface area contributed by atoms with Gasteiger partial charge in [0.2, 0.25) is 5.91 Å². The highest BCUT2D eigenvalue weighted by Crippen LogP contribution is 2.33. The van der Waals surface area contributed by atoms with Crippen molar-refractivity contribution in [1.82, 2.24) is 14.7 Å². The Hall–Kier alpha value is -1.82. The first-order valence-electron chi connectivity index (χ1n) is 9.52. The molecule has 0 N–H and O–H groups in total. The van der Waals surface area contributed by atoms with Crippen LogP contribution in [0.1, 0.15) is 48.2 Å². The molecule has 3 aliphatic heterocycles. The van der Waals surface area contributed by atoms with Gasteiger partial charge in [-0.15, -0.1) is 0 Å². The van der Waals surface area contributed by atoms with E-state index in [1.807, 2.05) is 17.9 Å². The van der Waals surface area contributed by atoms with Crippen LogP contribution in [0.3, 0.4) is 0 Å². The van der Waals surface area contributed by atoms with Gasteiger partial charge in [-0.2, -0.15) is 0 Å². The van der Waals surface area contributed by atoms with Gasteiger partial charge < -0.3 is 19.1 Å².